The van der Waals surface area contributed by atoms with Crippen LogP contribution in [0.15, 0.2) is 12.4 Å². The number of aromatic nitrogens is 2. The Bertz CT molecular complexity index is 467. The van der Waals surface area contributed by atoms with Gasteiger partial charge in [-0.3, -0.25) is 14.8 Å². The second-order valence-corrected chi connectivity index (χ2v) is 5.70. The monoisotopic (exact) mass is 249 g/mol. The van der Waals surface area contributed by atoms with Gasteiger partial charge < -0.3 is 5.11 Å². The second-order valence-electron chi connectivity index (χ2n) is 5.70. The van der Waals surface area contributed by atoms with E-state index in [-0.39, 0.29) is 6.04 Å². The molecule has 2 fully saturated rings. The van der Waals surface area contributed by atoms with Gasteiger partial charge in [0.15, 0.2) is 0 Å². The minimum atomic E-state index is -0.730. The summed E-state index contributed by atoms with van der Waals surface area (Å²) in [5, 5.41) is 17.2. The van der Waals surface area contributed by atoms with Crippen LogP contribution in [-0.4, -0.2) is 32.4 Å². The third-order valence-electron chi connectivity index (χ3n) is 4.06. The fourth-order valence-corrected chi connectivity index (χ4v) is 2.88. The SMILES string of the molecule is Cc1cnn(C2CCC(NC3CC3)(C(=O)O)C2)c1. The summed E-state index contributed by atoms with van der Waals surface area (Å²) in [6.07, 6.45) is 8.27. The zero-order valence-electron chi connectivity index (χ0n) is 10.6. The molecular formula is C13H19N3O2. The van der Waals surface area contributed by atoms with Crippen LogP contribution in [0.4, 0.5) is 0 Å². The summed E-state index contributed by atoms with van der Waals surface area (Å²) < 4.78 is 1.93. The van der Waals surface area contributed by atoms with Crippen molar-refractivity contribution in [3.63, 3.8) is 0 Å². The fourth-order valence-electron chi connectivity index (χ4n) is 2.88. The Kier molecular flexibility index (Phi) is 2.66. The molecular weight excluding hydrogens is 230 g/mol. The zero-order valence-corrected chi connectivity index (χ0v) is 10.6. The maximum absolute atomic E-state index is 11.6. The van der Waals surface area contributed by atoms with Crippen LogP contribution in [-0.2, 0) is 4.79 Å². The van der Waals surface area contributed by atoms with Crippen molar-refractivity contribution in [2.24, 2.45) is 0 Å². The van der Waals surface area contributed by atoms with Crippen molar-refractivity contribution in [1.82, 2.24) is 15.1 Å². The first-order chi connectivity index (χ1) is 8.59. The van der Waals surface area contributed by atoms with E-state index in [1.54, 1.807) is 0 Å². The molecule has 2 aliphatic carbocycles. The lowest BCUT2D eigenvalue weighted by Gasteiger charge is -2.26. The minimum Gasteiger partial charge on any atom is -0.480 e. The molecule has 2 saturated carbocycles. The van der Waals surface area contributed by atoms with Crippen LogP contribution in [0, 0.1) is 6.92 Å². The van der Waals surface area contributed by atoms with Crippen molar-refractivity contribution >= 4 is 5.97 Å². The molecule has 3 rings (SSSR count). The zero-order chi connectivity index (χ0) is 12.8. The summed E-state index contributed by atoms with van der Waals surface area (Å²) >= 11 is 0. The molecule has 5 nitrogen and oxygen atoms in total. The van der Waals surface area contributed by atoms with Crippen LogP contribution >= 0.6 is 0 Å². The van der Waals surface area contributed by atoms with E-state index in [9.17, 15) is 9.90 Å². The number of aryl methyl sites for hydroxylation is 1. The molecule has 2 aliphatic rings. The molecule has 1 aromatic rings. The third-order valence-corrected chi connectivity index (χ3v) is 4.06. The molecule has 0 amide bonds. The number of carboxylic acids is 1. The van der Waals surface area contributed by atoms with Crippen molar-refractivity contribution < 1.29 is 9.90 Å². The lowest BCUT2D eigenvalue weighted by molar-refractivity contribution is -0.144. The maximum Gasteiger partial charge on any atom is 0.323 e. The van der Waals surface area contributed by atoms with Gasteiger partial charge in [0, 0.05) is 12.2 Å². The summed E-state index contributed by atoms with van der Waals surface area (Å²) in [7, 11) is 0. The van der Waals surface area contributed by atoms with Crippen molar-refractivity contribution in [1.29, 1.82) is 0 Å². The molecule has 1 aromatic heterocycles. The summed E-state index contributed by atoms with van der Waals surface area (Å²) in [5.74, 6) is -0.708. The van der Waals surface area contributed by atoms with Gasteiger partial charge in [0.25, 0.3) is 0 Å². The Labute approximate surface area is 106 Å². The predicted molar refractivity (Wildman–Crippen MR) is 66.4 cm³/mol. The quantitative estimate of drug-likeness (QED) is 0.848. The smallest absolute Gasteiger partial charge is 0.323 e. The molecule has 0 saturated heterocycles. The standard InChI is InChI=1S/C13H19N3O2/c1-9-7-14-16(8-9)11-4-5-13(6-11,12(17)18)15-10-2-3-10/h7-8,10-11,15H,2-6H2,1H3,(H,17,18). The molecule has 2 N–H and O–H groups in total. The molecule has 0 aliphatic heterocycles. The number of aliphatic carboxylic acids is 1. The van der Waals surface area contributed by atoms with Gasteiger partial charge >= 0.3 is 5.97 Å². The lowest BCUT2D eigenvalue weighted by atomic mass is 9.97. The summed E-state index contributed by atoms with van der Waals surface area (Å²) in [4.78, 5) is 11.6. The number of carbonyl (C=O) groups is 1. The number of hydrogen-bond donors (Lipinski definition) is 2. The first kappa shape index (κ1) is 11.7. The minimum absolute atomic E-state index is 0.209. The Balaban J connectivity index is 1.76. The molecule has 0 spiro atoms. The average Bonchev–Trinajstić information content (AvgIpc) is 2.85. The van der Waals surface area contributed by atoms with Gasteiger partial charge in [-0.2, -0.15) is 5.10 Å². The fraction of sp³-hybridized carbons (Fsp3) is 0.692. The number of carboxylic acid groups (broad SMARTS) is 1. The Morgan fingerprint density at radius 3 is 2.89 bits per heavy atom. The normalized spacial score (nSPS) is 31.7. The molecule has 98 valence electrons. The van der Waals surface area contributed by atoms with Crippen molar-refractivity contribution in [2.45, 2.75) is 56.7 Å². The van der Waals surface area contributed by atoms with Crippen LogP contribution in [0.3, 0.4) is 0 Å². The predicted octanol–water partition coefficient (Wildman–Crippen LogP) is 1.49. The molecule has 18 heavy (non-hydrogen) atoms. The van der Waals surface area contributed by atoms with E-state index < -0.39 is 11.5 Å². The van der Waals surface area contributed by atoms with Gasteiger partial charge in [0.05, 0.1) is 12.2 Å². The van der Waals surface area contributed by atoms with E-state index >= 15 is 0 Å². The third kappa shape index (κ3) is 2.03. The van der Waals surface area contributed by atoms with Crippen molar-refractivity contribution in [3.8, 4) is 0 Å². The largest absolute Gasteiger partial charge is 0.480 e. The highest BCUT2D eigenvalue weighted by atomic mass is 16.4. The highest BCUT2D eigenvalue weighted by Crippen LogP contribution is 2.40. The van der Waals surface area contributed by atoms with Gasteiger partial charge in [-0.05, 0) is 44.6 Å². The lowest BCUT2D eigenvalue weighted by Crippen LogP contribution is -2.51. The van der Waals surface area contributed by atoms with E-state index in [1.165, 1.54) is 0 Å². The maximum atomic E-state index is 11.6. The van der Waals surface area contributed by atoms with Crippen LogP contribution in [0.5, 0.6) is 0 Å². The van der Waals surface area contributed by atoms with Gasteiger partial charge in [0.2, 0.25) is 0 Å². The summed E-state index contributed by atoms with van der Waals surface area (Å²) in [6, 6.07) is 0.625. The Morgan fingerprint density at radius 1 is 1.56 bits per heavy atom. The van der Waals surface area contributed by atoms with Crippen LogP contribution in [0.1, 0.15) is 43.7 Å². The van der Waals surface area contributed by atoms with Gasteiger partial charge in [-0.25, -0.2) is 0 Å². The topological polar surface area (TPSA) is 67.2 Å². The van der Waals surface area contributed by atoms with Crippen LogP contribution < -0.4 is 5.32 Å². The highest BCUT2D eigenvalue weighted by Gasteiger charge is 2.48. The number of rotatable bonds is 4. The number of hydrogen-bond acceptors (Lipinski definition) is 3. The molecule has 0 aromatic carbocycles. The van der Waals surface area contributed by atoms with E-state index in [0.717, 1.165) is 24.8 Å². The molecule has 5 heteroatoms. The Hall–Kier alpha value is -1.36. The molecule has 0 bridgehead atoms. The average molecular weight is 249 g/mol. The van der Waals surface area contributed by atoms with Gasteiger partial charge in [-0.1, -0.05) is 0 Å². The van der Waals surface area contributed by atoms with Crippen molar-refractivity contribution in [3.05, 3.63) is 18.0 Å². The number of nitrogens with zero attached hydrogens (tertiary/aromatic N) is 2. The Morgan fingerprint density at radius 2 is 2.33 bits per heavy atom. The molecule has 2 atom stereocenters. The van der Waals surface area contributed by atoms with E-state index in [0.29, 0.717) is 18.9 Å². The van der Waals surface area contributed by atoms with E-state index in [1.807, 2.05) is 24.0 Å². The molecule has 1 heterocycles. The van der Waals surface area contributed by atoms with Crippen LogP contribution in [0.25, 0.3) is 0 Å². The first-order valence-electron chi connectivity index (χ1n) is 6.61. The molecule has 2 unspecified atom stereocenters. The van der Waals surface area contributed by atoms with Crippen LogP contribution in [0.2, 0.25) is 0 Å². The van der Waals surface area contributed by atoms with Gasteiger partial charge in [0.1, 0.15) is 5.54 Å². The summed E-state index contributed by atoms with van der Waals surface area (Å²) in [5.41, 5.74) is 0.393. The second kappa shape index (κ2) is 4.09. The summed E-state index contributed by atoms with van der Waals surface area (Å²) in [6.45, 7) is 2.01. The van der Waals surface area contributed by atoms with Crippen molar-refractivity contribution in [2.75, 3.05) is 0 Å². The highest BCUT2D eigenvalue weighted by molar-refractivity contribution is 5.79. The van der Waals surface area contributed by atoms with E-state index in [4.69, 9.17) is 0 Å². The van der Waals surface area contributed by atoms with Gasteiger partial charge in [-0.15, -0.1) is 0 Å². The first-order valence-corrected chi connectivity index (χ1v) is 6.61. The number of nitrogens with one attached hydrogen (secondary N) is 1. The van der Waals surface area contributed by atoms with E-state index in [2.05, 4.69) is 10.4 Å². The molecule has 0 radical (unpaired) electrons.